The topological polar surface area (TPSA) is 101 Å². The number of H-pyrrole nitrogens is 1. The number of rotatable bonds is 5. The molecule has 0 spiro atoms. The van der Waals surface area contributed by atoms with E-state index in [1.54, 1.807) is 12.3 Å². The Kier molecular flexibility index (Phi) is 9.51. The SMILES string of the molecule is CC.CC.O=C(Nc1ccccc1)c1cnc(CCc2ncnc3[nH]c(=O)ccc23)s1. The molecule has 1 aromatic carbocycles. The van der Waals surface area contributed by atoms with Crippen LogP contribution in [-0.2, 0) is 12.8 Å². The Balaban J connectivity index is 0.000000807. The second-order valence-corrected chi connectivity index (χ2v) is 6.96. The van der Waals surface area contributed by atoms with Gasteiger partial charge in [0.25, 0.3) is 5.91 Å². The van der Waals surface area contributed by atoms with Crippen molar-refractivity contribution in [3.8, 4) is 0 Å². The molecule has 0 atom stereocenters. The molecule has 31 heavy (non-hydrogen) atoms. The van der Waals surface area contributed by atoms with Crippen molar-refractivity contribution in [2.24, 2.45) is 0 Å². The summed E-state index contributed by atoms with van der Waals surface area (Å²) in [6.07, 6.45) is 4.31. The Morgan fingerprint density at radius 1 is 0.968 bits per heavy atom. The third-order valence-electron chi connectivity index (χ3n) is 3.99. The van der Waals surface area contributed by atoms with E-state index in [1.165, 1.54) is 23.7 Å². The number of aryl methyl sites for hydroxylation is 2. The summed E-state index contributed by atoms with van der Waals surface area (Å²) in [4.78, 5) is 39.7. The fourth-order valence-corrected chi connectivity index (χ4v) is 3.51. The Morgan fingerprint density at radius 3 is 2.45 bits per heavy atom. The number of anilines is 1. The Labute approximate surface area is 185 Å². The summed E-state index contributed by atoms with van der Waals surface area (Å²) in [7, 11) is 0. The number of fused-ring (bicyclic) bond motifs is 1. The summed E-state index contributed by atoms with van der Waals surface area (Å²) in [5.41, 5.74) is 1.91. The van der Waals surface area contributed by atoms with Gasteiger partial charge in [-0.05, 0) is 24.6 Å². The number of benzene rings is 1. The van der Waals surface area contributed by atoms with Crippen LogP contribution in [0.15, 0.2) is 59.8 Å². The molecule has 0 radical (unpaired) electrons. The van der Waals surface area contributed by atoms with Gasteiger partial charge in [-0.3, -0.25) is 9.59 Å². The zero-order valence-corrected chi connectivity index (χ0v) is 19.0. The Hall–Kier alpha value is -3.39. The van der Waals surface area contributed by atoms with E-state index in [1.807, 2.05) is 58.0 Å². The molecule has 0 unspecified atom stereocenters. The number of carbonyl (C=O) groups is 1. The van der Waals surface area contributed by atoms with E-state index in [-0.39, 0.29) is 11.5 Å². The average Bonchev–Trinajstić information content (AvgIpc) is 3.30. The van der Waals surface area contributed by atoms with Crippen molar-refractivity contribution in [1.82, 2.24) is 19.9 Å². The maximum atomic E-state index is 12.3. The van der Waals surface area contributed by atoms with Gasteiger partial charge in [0, 0.05) is 23.6 Å². The summed E-state index contributed by atoms with van der Waals surface area (Å²) in [6, 6.07) is 12.5. The first-order valence-electron chi connectivity index (χ1n) is 10.3. The molecule has 0 fully saturated rings. The van der Waals surface area contributed by atoms with Gasteiger partial charge in [0.15, 0.2) is 0 Å². The molecule has 1 amide bonds. The molecule has 8 heteroatoms. The zero-order valence-electron chi connectivity index (χ0n) is 18.2. The fourth-order valence-electron chi connectivity index (χ4n) is 2.69. The van der Waals surface area contributed by atoms with Gasteiger partial charge < -0.3 is 10.3 Å². The largest absolute Gasteiger partial charge is 0.321 e. The average molecular weight is 438 g/mol. The van der Waals surface area contributed by atoms with Crippen LogP contribution in [0.5, 0.6) is 0 Å². The highest BCUT2D eigenvalue weighted by Crippen LogP contribution is 2.19. The maximum Gasteiger partial charge on any atom is 0.267 e. The molecule has 0 aliphatic heterocycles. The summed E-state index contributed by atoms with van der Waals surface area (Å²) in [5, 5.41) is 4.52. The number of aromatic amines is 1. The van der Waals surface area contributed by atoms with Gasteiger partial charge in [-0.15, -0.1) is 11.3 Å². The highest BCUT2D eigenvalue weighted by molar-refractivity contribution is 7.13. The molecule has 162 valence electrons. The molecule has 0 bridgehead atoms. The van der Waals surface area contributed by atoms with Crippen molar-refractivity contribution in [3.63, 3.8) is 0 Å². The molecule has 4 rings (SSSR count). The van der Waals surface area contributed by atoms with E-state index < -0.39 is 0 Å². The first-order chi connectivity index (χ1) is 15.2. The first-order valence-corrected chi connectivity index (χ1v) is 11.1. The van der Waals surface area contributed by atoms with Crippen LogP contribution >= 0.6 is 11.3 Å². The Morgan fingerprint density at radius 2 is 1.71 bits per heavy atom. The van der Waals surface area contributed by atoms with E-state index in [0.717, 1.165) is 21.8 Å². The van der Waals surface area contributed by atoms with Gasteiger partial charge in [-0.1, -0.05) is 45.9 Å². The number of thiazole rings is 1. The van der Waals surface area contributed by atoms with Crippen LogP contribution in [0.4, 0.5) is 5.69 Å². The Bertz CT molecular complexity index is 1160. The fraction of sp³-hybridized carbons (Fsp3) is 0.261. The van der Waals surface area contributed by atoms with E-state index in [2.05, 4.69) is 25.3 Å². The lowest BCUT2D eigenvalue weighted by atomic mass is 10.1. The lowest BCUT2D eigenvalue weighted by Crippen LogP contribution is -2.09. The third kappa shape index (κ3) is 6.55. The number of aromatic nitrogens is 4. The van der Waals surface area contributed by atoms with Gasteiger partial charge in [-0.25, -0.2) is 15.0 Å². The summed E-state index contributed by atoms with van der Waals surface area (Å²) in [5.74, 6) is -0.171. The van der Waals surface area contributed by atoms with Crippen molar-refractivity contribution in [2.75, 3.05) is 5.32 Å². The smallest absolute Gasteiger partial charge is 0.267 e. The molecule has 0 saturated carbocycles. The van der Waals surface area contributed by atoms with Gasteiger partial charge in [-0.2, -0.15) is 0 Å². The second-order valence-electron chi connectivity index (χ2n) is 5.84. The van der Waals surface area contributed by atoms with Crippen LogP contribution in [0, 0.1) is 0 Å². The van der Waals surface area contributed by atoms with Crippen LogP contribution in [0.3, 0.4) is 0 Å². The minimum Gasteiger partial charge on any atom is -0.321 e. The summed E-state index contributed by atoms with van der Waals surface area (Å²) < 4.78 is 0. The van der Waals surface area contributed by atoms with Crippen LogP contribution in [-0.4, -0.2) is 25.8 Å². The lowest BCUT2D eigenvalue weighted by molar-refractivity contribution is 0.103. The van der Waals surface area contributed by atoms with E-state index in [4.69, 9.17) is 0 Å². The number of carbonyl (C=O) groups excluding carboxylic acids is 1. The van der Waals surface area contributed by atoms with Gasteiger partial charge >= 0.3 is 0 Å². The van der Waals surface area contributed by atoms with E-state index in [9.17, 15) is 9.59 Å². The zero-order chi connectivity index (χ0) is 22.6. The molecule has 0 aliphatic rings. The standard InChI is InChI=1S/C19H15N5O2S.2C2H6/c25-16-8-6-13-14(21-11-22-18(13)24-16)7-9-17-20-10-15(27-17)19(26)23-12-4-2-1-3-5-12;2*1-2/h1-6,8,10-11H,7,9H2,(H,23,26)(H,21,22,24,25);2*1-2H3. The molecular formula is C23H27N5O2S. The molecule has 3 heterocycles. The highest BCUT2D eigenvalue weighted by atomic mass is 32.1. The number of nitrogens with zero attached hydrogens (tertiary/aromatic N) is 3. The minimum atomic E-state index is -0.193. The van der Waals surface area contributed by atoms with Crippen LogP contribution in [0.1, 0.15) is 48.1 Å². The quantitative estimate of drug-likeness (QED) is 0.464. The van der Waals surface area contributed by atoms with Gasteiger partial charge in [0.05, 0.1) is 16.9 Å². The summed E-state index contributed by atoms with van der Waals surface area (Å²) >= 11 is 1.36. The van der Waals surface area contributed by atoms with Crippen molar-refractivity contribution in [1.29, 1.82) is 0 Å². The van der Waals surface area contributed by atoms with E-state index >= 15 is 0 Å². The van der Waals surface area contributed by atoms with Crippen LogP contribution in [0.25, 0.3) is 11.0 Å². The third-order valence-corrected chi connectivity index (χ3v) is 5.05. The monoisotopic (exact) mass is 437 g/mol. The number of pyridine rings is 1. The van der Waals surface area contributed by atoms with Gasteiger partial charge in [0.1, 0.15) is 16.9 Å². The van der Waals surface area contributed by atoms with Crippen molar-refractivity contribution < 1.29 is 4.79 Å². The summed E-state index contributed by atoms with van der Waals surface area (Å²) in [6.45, 7) is 8.00. The molecule has 0 aliphatic carbocycles. The normalized spacial score (nSPS) is 9.81. The van der Waals surface area contributed by atoms with Crippen LogP contribution in [0.2, 0.25) is 0 Å². The molecule has 7 nitrogen and oxygen atoms in total. The predicted molar refractivity (Wildman–Crippen MR) is 127 cm³/mol. The van der Waals surface area contributed by atoms with E-state index in [0.29, 0.717) is 23.4 Å². The molecular weight excluding hydrogens is 410 g/mol. The first kappa shape index (κ1) is 23.9. The predicted octanol–water partition coefficient (Wildman–Crippen LogP) is 4.86. The number of amides is 1. The van der Waals surface area contributed by atoms with Crippen molar-refractivity contribution >= 4 is 34.0 Å². The molecule has 3 aromatic heterocycles. The molecule has 4 aromatic rings. The lowest BCUT2D eigenvalue weighted by Gasteiger charge is -2.03. The molecule has 2 N–H and O–H groups in total. The molecule has 0 saturated heterocycles. The minimum absolute atomic E-state index is 0.171. The number of nitrogens with one attached hydrogen (secondary N) is 2. The maximum absolute atomic E-state index is 12.3. The highest BCUT2D eigenvalue weighted by Gasteiger charge is 2.12. The number of hydrogen-bond donors (Lipinski definition) is 2. The number of para-hydroxylation sites is 1. The second kappa shape index (κ2) is 12.3. The number of hydrogen-bond acceptors (Lipinski definition) is 6. The van der Waals surface area contributed by atoms with Crippen molar-refractivity contribution in [2.45, 2.75) is 40.5 Å². The van der Waals surface area contributed by atoms with Crippen LogP contribution < -0.4 is 10.9 Å². The van der Waals surface area contributed by atoms with Crippen molar-refractivity contribution in [3.05, 3.63) is 80.9 Å². The van der Waals surface area contributed by atoms with Gasteiger partial charge in [0.2, 0.25) is 5.56 Å².